The summed E-state index contributed by atoms with van der Waals surface area (Å²) in [4.78, 5) is 20.8. The fraction of sp³-hybridized carbons (Fsp3) is 0.600. The zero-order chi connectivity index (χ0) is 10.9. The lowest BCUT2D eigenvalue weighted by Crippen LogP contribution is -2.42. The summed E-state index contributed by atoms with van der Waals surface area (Å²) in [6, 6.07) is -3.08. The summed E-state index contributed by atoms with van der Waals surface area (Å²) in [6.07, 6.45) is 0. The van der Waals surface area contributed by atoms with E-state index in [1.165, 1.54) is 5.32 Å². The quantitative estimate of drug-likeness (QED) is 0.460. The Bertz CT molecular complexity index is 238. The highest BCUT2D eigenvalue weighted by molar-refractivity contribution is 5.82. The van der Waals surface area contributed by atoms with Gasteiger partial charge >= 0.3 is 5.97 Å². The second-order valence-electron chi connectivity index (χ2n) is 1.47. The third-order valence-corrected chi connectivity index (χ3v) is 0.627. The minimum atomic E-state index is -3.36. The van der Waals surface area contributed by atoms with Crippen molar-refractivity contribution in [3.05, 3.63) is 0 Å². The van der Waals surface area contributed by atoms with Crippen molar-refractivity contribution in [2.45, 2.75) is 12.9 Å². The van der Waals surface area contributed by atoms with Crippen LogP contribution in [0.1, 0.15) is 11.0 Å². The van der Waals surface area contributed by atoms with Crippen LogP contribution in [0.2, 0.25) is 0 Å². The summed E-state index contributed by atoms with van der Waals surface area (Å²) in [6.45, 7) is -2.44. The van der Waals surface area contributed by atoms with E-state index in [1.54, 1.807) is 0 Å². The number of hydrogen-bond donors (Lipinski definition) is 3. The molecule has 5 heteroatoms. The van der Waals surface area contributed by atoms with E-state index < -0.39 is 24.5 Å². The molecule has 0 aliphatic rings. The van der Waals surface area contributed by atoms with Gasteiger partial charge in [0.05, 0.1) is 10.7 Å². The molecule has 0 aromatic carbocycles. The lowest BCUT2D eigenvalue weighted by Gasteiger charge is -2.08. The van der Waals surface area contributed by atoms with E-state index in [9.17, 15) is 9.59 Å². The van der Waals surface area contributed by atoms with Gasteiger partial charge in [-0.05, 0) is 0 Å². The van der Waals surface area contributed by atoms with E-state index in [1.807, 2.05) is 0 Å². The van der Waals surface area contributed by atoms with Crippen LogP contribution >= 0.6 is 0 Å². The Balaban J connectivity index is 4.96. The average Bonchev–Trinajstić information content (AvgIpc) is 1.82. The Morgan fingerprint density at radius 1 is 1.90 bits per heavy atom. The monoisotopic (exact) mass is 150 g/mol. The van der Waals surface area contributed by atoms with Gasteiger partial charge in [0.2, 0.25) is 5.91 Å². The van der Waals surface area contributed by atoms with Crippen LogP contribution in [0.25, 0.3) is 0 Å². The number of aliphatic carboxylic acids is 1. The van der Waals surface area contributed by atoms with E-state index >= 15 is 0 Å². The molecule has 1 amide bonds. The van der Waals surface area contributed by atoms with Crippen molar-refractivity contribution < 1.29 is 23.9 Å². The number of carboxylic acids is 1. The molecule has 0 bridgehead atoms. The van der Waals surface area contributed by atoms with Crippen molar-refractivity contribution in [1.29, 1.82) is 0 Å². The molecule has 0 unspecified atom stereocenters. The van der Waals surface area contributed by atoms with Gasteiger partial charge in [-0.2, -0.15) is 0 Å². The number of carboxylic acid groups (broad SMARTS) is 1. The van der Waals surface area contributed by atoms with Crippen molar-refractivity contribution >= 4 is 11.9 Å². The highest BCUT2D eigenvalue weighted by Crippen LogP contribution is 1.80. The summed E-state index contributed by atoms with van der Waals surface area (Å²) in [5.41, 5.74) is 0. The Morgan fingerprint density at radius 2 is 2.40 bits per heavy atom. The van der Waals surface area contributed by atoms with Crippen molar-refractivity contribution in [1.82, 2.24) is 5.32 Å². The van der Waals surface area contributed by atoms with Gasteiger partial charge in [0.25, 0.3) is 0 Å². The van der Waals surface area contributed by atoms with Crippen LogP contribution in [0.4, 0.5) is 0 Å². The number of hydrogen-bond acceptors (Lipinski definition) is 3. The zero-order valence-corrected chi connectivity index (χ0v) is 5.21. The third kappa shape index (κ3) is 3.03. The van der Waals surface area contributed by atoms with Crippen LogP contribution < -0.4 is 5.32 Å². The van der Waals surface area contributed by atoms with E-state index in [0.717, 1.165) is 6.92 Å². The summed E-state index contributed by atoms with van der Waals surface area (Å²) in [7, 11) is 0. The van der Waals surface area contributed by atoms with Gasteiger partial charge < -0.3 is 15.5 Å². The Labute approximate surface area is 61.9 Å². The molecule has 58 valence electrons. The maximum Gasteiger partial charge on any atom is 0.328 e. The van der Waals surface area contributed by atoms with Crippen LogP contribution in [0.3, 0.4) is 0 Å². The van der Waals surface area contributed by atoms with Gasteiger partial charge in [-0.3, -0.25) is 4.79 Å². The van der Waals surface area contributed by atoms with E-state index in [2.05, 4.69) is 0 Å². The molecule has 0 saturated carbocycles. The predicted molar refractivity (Wildman–Crippen MR) is 32.3 cm³/mol. The summed E-state index contributed by atoms with van der Waals surface area (Å²) < 4.78 is 20.3. The largest absolute Gasteiger partial charge is 0.480 e. The number of rotatable bonds is 3. The highest BCUT2D eigenvalue weighted by atomic mass is 16.4. The lowest BCUT2D eigenvalue weighted by molar-refractivity contribution is -0.142. The molecule has 3 N–H and O–H groups in total. The van der Waals surface area contributed by atoms with Crippen molar-refractivity contribution in [2.75, 3.05) is 6.56 Å². The second-order valence-corrected chi connectivity index (χ2v) is 1.47. The van der Waals surface area contributed by atoms with Gasteiger partial charge in [-0.25, -0.2) is 4.79 Å². The topological polar surface area (TPSA) is 86.6 Å². The van der Waals surface area contributed by atoms with Gasteiger partial charge in [0.15, 0.2) is 0 Å². The average molecular weight is 150 g/mol. The third-order valence-electron chi connectivity index (χ3n) is 0.627. The molecule has 0 aromatic rings. The van der Waals surface area contributed by atoms with Crippen LogP contribution in [0.15, 0.2) is 0 Å². The van der Waals surface area contributed by atoms with Crippen LogP contribution in [-0.2, 0) is 9.59 Å². The molecule has 5 nitrogen and oxygen atoms in total. The normalized spacial score (nSPS) is 21.2. The van der Waals surface area contributed by atoms with Crippen LogP contribution in [0.5, 0.6) is 0 Å². The fourth-order valence-electron chi connectivity index (χ4n) is 0.305. The zero-order valence-electron chi connectivity index (χ0n) is 8.21. The first kappa shape index (κ1) is 4.68. The molecular formula is C5H9NO4. The van der Waals surface area contributed by atoms with Gasteiger partial charge in [-0.1, -0.05) is 0 Å². The number of amides is 1. The Kier molecular flexibility index (Phi) is 1.79. The maximum absolute atomic E-state index is 10.4. The minimum Gasteiger partial charge on any atom is -0.480 e. The molecule has 0 aliphatic heterocycles. The SMILES string of the molecule is [2H]C([2H])(O)[C@]([2H])(NC(C)=O)C(=O)O. The standard InChI is InChI=1S/C5H9NO4/c1-3(8)6-4(2-7)5(9)10/h4,7H,2H2,1H3,(H,6,8)(H,9,10)/t4-/m0/s1/i2D2,4D. The first-order valence-electron chi connectivity index (χ1n) is 3.86. The van der Waals surface area contributed by atoms with Crippen LogP contribution in [-0.4, -0.2) is 34.7 Å². The summed E-state index contributed by atoms with van der Waals surface area (Å²) in [5.74, 6) is -2.90. The molecule has 0 aliphatic carbocycles. The van der Waals surface area contributed by atoms with Crippen LogP contribution in [0, 0.1) is 0 Å². The molecule has 1 atom stereocenters. The van der Waals surface area contributed by atoms with E-state index in [0.29, 0.717) is 0 Å². The van der Waals surface area contributed by atoms with Gasteiger partial charge in [-0.15, -0.1) is 0 Å². The van der Waals surface area contributed by atoms with Crippen molar-refractivity contribution in [3.63, 3.8) is 0 Å². The Hall–Kier alpha value is -1.10. The van der Waals surface area contributed by atoms with Gasteiger partial charge in [0.1, 0.15) is 6.02 Å². The predicted octanol–water partition coefficient (Wildman–Crippen LogP) is -1.43. The molecule has 10 heavy (non-hydrogen) atoms. The number of carbonyl (C=O) groups is 2. The van der Waals surface area contributed by atoms with E-state index in [-0.39, 0.29) is 0 Å². The summed E-state index contributed by atoms with van der Waals surface area (Å²) in [5, 5.41) is 18.6. The maximum atomic E-state index is 10.4. The molecule has 0 radical (unpaired) electrons. The number of aliphatic hydroxyl groups is 1. The second kappa shape index (κ2) is 3.84. The molecule has 0 spiro atoms. The molecule has 0 fully saturated rings. The first-order valence-corrected chi connectivity index (χ1v) is 2.36. The smallest absolute Gasteiger partial charge is 0.328 e. The molecule has 0 rings (SSSR count). The van der Waals surface area contributed by atoms with Crippen molar-refractivity contribution in [3.8, 4) is 0 Å². The minimum absolute atomic E-state index is 0.915. The number of nitrogens with one attached hydrogen (secondary N) is 1. The Morgan fingerprint density at radius 3 is 2.50 bits per heavy atom. The number of carbonyl (C=O) groups excluding carboxylic acids is 1. The van der Waals surface area contributed by atoms with Crippen molar-refractivity contribution in [2.24, 2.45) is 0 Å². The summed E-state index contributed by atoms with van der Waals surface area (Å²) >= 11 is 0. The van der Waals surface area contributed by atoms with E-state index in [4.69, 9.17) is 14.3 Å². The first-order chi connectivity index (χ1) is 5.61. The molecule has 0 aromatic heterocycles. The fourth-order valence-corrected chi connectivity index (χ4v) is 0.305. The molecular weight excluding hydrogens is 138 g/mol. The molecule has 0 heterocycles. The van der Waals surface area contributed by atoms with Gasteiger partial charge in [0, 0.05) is 6.92 Å². The molecule has 0 saturated heterocycles. The lowest BCUT2D eigenvalue weighted by atomic mass is 10.3. The highest BCUT2D eigenvalue weighted by Gasteiger charge is 2.15.